The molecule has 0 fully saturated rings. The van der Waals surface area contributed by atoms with Gasteiger partial charge >= 0.3 is 0 Å². The van der Waals surface area contributed by atoms with Crippen LogP contribution in [0.3, 0.4) is 0 Å². The summed E-state index contributed by atoms with van der Waals surface area (Å²) in [6.45, 7) is 0. The molecule has 3 nitrogen and oxygen atoms in total. The van der Waals surface area contributed by atoms with Gasteiger partial charge in [-0.05, 0) is 23.3 Å². The van der Waals surface area contributed by atoms with Gasteiger partial charge in [-0.25, -0.2) is 0 Å². The van der Waals surface area contributed by atoms with Gasteiger partial charge in [-0.3, -0.25) is 0 Å². The third-order valence-electron chi connectivity index (χ3n) is 3.81. The predicted molar refractivity (Wildman–Crippen MR) is 119 cm³/mol. The van der Waals surface area contributed by atoms with Crippen LogP contribution in [0.1, 0.15) is 21.6 Å². The van der Waals surface area contributed by atoms with Crippen LogP contribution in [0.15, 0.2) is 36.4 Å². The standard InChI is InChI=1S/C15H11Br4N3S2/c1-22-20-12-8(10-4-6-14(16,17)23-10)2-3-9(13(12)21-22)11-5-7-15(18,19)24-11/h2-7,10-11H,1H3. The molecule has 1 aromatic carbocycles. The topological polar surface area (TPSA) is 30.7 Å². The zero-order valence-electron chi connectivity index (χ0n) is 12.3. The first kappa shape index (κ1) is 18.1. The van der Waals surface area contributed by atoms with E-state index in [4.69, 9.17) is 0 Å². The number of nitrogens with zero attached hydrogens (tertiary/aromatic N) is 3. The highest BCUT2D eigenvalue weighted by Gasteiger charge is 2.35. The fourth-order valence-electron chi connectivity index (χ4n) is 2.82. The van der Waals surface area contributed by atoms with Crippen molar-refractivity contribution in [3.8, 4) is 0 Å². The molecule has 0 amide bonds. The van der Waals surface area contributed by atoms with E-state index < -0.39 is 0 Å². The highest BCUT2D eigenvalue weighted by molar-refractivity contribution is 9.28. The molecule has 0 saturated carbocycles. The Morgan fingerprint density at radius 3 is 1.62 bits per heavy atom. The lowest BCUT2D eigenvalue weighted by molar-refractivity contribution is 0.664. The number of halogens is 4. The van der Waals surface area contributed by atoms with Crippen LogP contribution in [0.25, 0.3) is 11.0 Å². The number of fused-ring (bicyclic) bond motifs is 1. The summed E-state index contributed by atoms with van der Waals surface area (Å²) >= 11 is 18.2. The van der Waals surface area contributed by atoms with Gasteiger partial charge in [0.25, 0.3) is 0 Å². The lowest BCUT2D eigenvalue weighted by atomic mass is 10.0. The monoisotopic (exact) mass is 613 g/mol. The maximum atomic E-state index is 4.64. The maximum absolute atomic E-state index is 4.64. The van der Waals surface area contributed by atoms with E-state index in [0.717, 1.165) is 11.0 Å². The Hall–Kier alpha value is 0.720. The van der Waals surface area contributed by atoms with Crippen LogP contribution >= 0.6 is 87.2 Å². The second-order valence-corrected chi connectivity index (χ2v) is 17.6. The van der Waals surface area contributed by atoms with Crippen molar-refractivity contribution in [2.45, 2.75) is 15.6 Å². The van der Waals surface area contributed by atoms with E-state index in [1.807, 2.05) is 7.05 Å². The minimum atomic E-state index is -0.201. The van der Waals surface area contributed by atoms with Gasteiger partial charge in [0.2, 0.25) is 0 Å². The normalized spacial score (nSPS) is 27.4. The maximum Gasteiger partial charge on any atom is 0.144 e. The third-order valence-corrected chi connectivity index (χ3v) is 9.35. The summed E-state index contributed by atoms with van der Waals surface area (Å²) < 4.78 is -0.402. The van der Waals surface area contributed by atoms with Gasteiger partial charge in [-0.1, -0.05) is 88.0 Å². The van der Waals surface area contributed by atoms with Crippen molar-refractivity contribution in [2.75, 3.05) is 0 Å². The Labute approximate surface area is 182 Å². The largest absolute Gasteiger partial charge is 0.187 e. The minimum Gasteiger partial charge on any atom is -0.187 e. The van der Waals surface area contributed by atoms with E-state index in [0.29, 0.717) is 0 Å². The average Bonchev–Trinajstić information content (AvgIpc) is 3.14. The second kappa shape index (κ2) is 6.41. The van der Waals surface area contributed by atoms with Crippen molar-refractivity contribution in [3.05, 3.63) is 47.6 Å². The van der Waals surface area contributed by atoms with Gasteiger partial charge in [0.05, 0.1) is 10.5 Å². The second-order valence-electron chi connectivity index (χ2n) is 5.55. The van der Waals surface area contributed by atoms with Gasteiger partial charge in [0, 0.05) is 7.05 Å². The summed E-state index contributed by atoms with van der Waals surface area (Å²) in [5, 5.41) is 9.78. The summed E-state index contributed by atoms with van der Waals surface area (Å²) in [5.41, 5.74) is 4.34. The van der Waals surface area contributed by atoms with Gasteiger partial charge in [-0.15, -0.1) is 23.5 Å². The first-order chi connectivity index (χ1) is 11.2. The molecule has 0 aliphatic carbocycles. The molecule has 2 unspecified atom stereocenters. The quantitative estimate of drug-likeness (QED) is 0.283. The van der Waals surface area contributed by atoms with E-state index in [-0.39, 0.29) is 15.6 Å². The number of aryl methyl sites for hydroxylation is 1. The number of hydrogen-bond acceptors (Lipinski definition) is 4. The van der Waals surface area contributed by atoms with Crippen molar-refractivity contribution in [2.24, 2.45) is 7.05 Å². The highest BCUT2D eigenvalue weighted by atomic mass is 79.9. The van der Waals surface area contributed by atoms with E-state index in [1.165, 1.54) is 11.1 Å². The van der Waals surface area contributed by atoms with Crippen LogP contribution in [-0.2, 0) is 7.05 Å². The first-order valence-electron chi connectivity index (χ1n) is 7.08. The Morgan fingerprint density at radius 1 is 0.875 bits per heavy atom. The van der Waals surface area contributed by atoms with Crippen LogP contribution in [0.2, 0.25) is 0 Å². The molecule has 9 heteroatoms. The number of thioether (sulfide) groups is 2. The fraction of sp³-hybridized carbons (Fsp3) is 0.333. The molecular formula is C15H11Br4N3S2. The van der Waals surface area contributed by atoms with Gasteiger partial charge in [0.1, 0.15) is 16.2 Å². The van der Waals surface area contributed by atoms with Crippen LogP contribution in [0.5, 0.6) is 0 Å². The molecule has 0 radical (unpaired) electrons. The van der Waals surface area contributed by atoms with E-state index in [1.54, 1.807) is 28.3 Å². The van der Waals surface area contributed by atoms with Crippen molar-refractivity contribution >= 4 is 98.3 Å². The van der Waals surface area contributed by atoms with Crippen LogP contribution in [0.4, 0.5) is 0 Å². The highest BCUT2D eigenvalue weighted by Crippen LogP contribution is 2.56. The molecule has 2 atom stereocenters. The Bertz CT molecular complexity index is 806. The number of benzene rings is 1. The molecule has 0 bridgehead atoms. The van der Waals surface area contributed by atoms with Gasteiger partial charge in [-0.2, -0.15) is 15.0 Å². The number of alkyl halides is 4. The van der Waals surface area contributed by atoms with Crippen LogP contribution in [0, 0.1) is 0 Å². The van der Waals surface area contributed by atoms with Crippen molar-refractivity contribution < 1.29 is 0 Å². The molecular weight excluding hydrogens is 606 g/mol. The van der Waals surface area contributed by atoms with Crippen LogP contribution in [-0.4, -0.2) is 20.1 Å². The summed E-state index contributed by atoms with van der Waals surface area (Å²) in [6, 6.07) is 4.37. The zero-order valence-corrected chi connectivity index (χ0v) is 20.3. The lowest BCUT2D eigenvalue weighted by Crippen LogP contribution is -1.99. The van der Waals surface area contributed by atoms with Crippen molar-refractivity contribution in [3.63, 3.8) is 0 Å². The summed E-state index contributed by atoms with van der Waals surface area (Å²) in [7, 11) is 1.88. The van der Waals surface area contributed by atoms with Gasteiger partial charge in [0.15, 0.2) is 0 Å². The molecule has 0 saturated heterocycles. The predicted octanol–water partition coefficient (Wildman–Crippen LogP) is 6.54. The number of aromatic nitrogens is 3. The molecule has 2 aromatic rings. The van der Waals surface area contributed by atoms with Crippen molar-refractivity contribution in [1.29, 1.82) is 0 Å². The SMILES string of the molecule is Cn1nc2c(C3C=CC(Br)(Br)S3)ccc(C3C=CC(Br)(Br)S3)c2n1. The molecule has 2 aliphatic heterocycles. The molecule has 4 rings (SSSR count). The lowest BCUT2D eigenvalue weighted by Gasteiger charge is -2.17. The average molecular weight is 617 g/mol. The minimum absolute atomic E-state index is 0.201. The molecule has 0 spiro atoms. The fourth-order valence-corrected chi connectivity index (χ4v) is 7.79. The molecule has 1 aromatic heterocycles. The number of hydrogen-bond donors (Lipinski definition) is 0. The van der Waals surface area contributed by atoms with Crippen molar-refractivity contribution in [1.82, 2.24) is 15.0 Å². The molecule has 2 aliphatic rings. The van der Waals surface area contributed by atoms with E-state index in [2.05, 4.69) is 110 Å². The molecule has 3 heterocycles. The summed E-state index contributed by atoms with van der Waals surface area (Å²) in [4.78, 5) is 1.66. The van der Waals surface area contributed by atoms with E-state index in [9.17, 15) is 0 Å². The number of rotatable bonds is 2. The van der Waals surface area contributed by atoms with E-state index >= 15 is 0 Å². The third kappa shape index (κ3) is 3.45. The Balaban J connectivity index is 1.79. The summed E-state index contributed by atoms with van der Waals surface area (Å²) in [5.74, 6) is 0. The Kier molecular flexibility index (Phi) is 4.83. The Morgan fingerprint density at radius 2 is 1.29 bits per heavy atom. The van der Waals surface area contributed by atoms with Crippen LogP contribution < -0.4 is 0 Å². The summed E-state index contributed by atoms with van der Waals surface area (Å²) in [6.07, 6.45) is 8.64. The first-order valence-corrected chi connectivity index (χ1v) is 12.0. The molecule has 126 valence electrons. The molecule has 24 heavy (non-hydrogen) atoms. The zero-order chi connectivity index (χ0) is 17.1. The molecule has 0 N–H and O–H groups in total. The van der Waals surface area contributed by atoms with Gasteiger partial charge < -0.3 is 0 Å². The smallest absolute Gasteiger partial charge is 0.144 e.